The van der Waals surface area contributed by atoms with Crippen molar-refractivity contribution in [2.24, 2.45) is 0 Å². The van der Waals surface area contributed by atoms with Gasteiger partial charge in [-0.15, -0.1) is 0 Å². The monoisotopic (exact) mass is 347 g/mol. The van der Waals surface area contributed by atoms with Crippen LogP contribution in [0.1, 0.15) is 37.8 Å². The van der Waals surface area contributed by atoms with Gasteiger partial charge in [-0.1, -0.05) is 55.3 Å². The van der Waals surface area contributed by atoms with Crippen molar-refractivity contribution < 1.29 is 9.47 Å². The molecule has 2 aromatic carbocycles. The van der Waals surface area contributed by atoms with Crippen molar-refractivity contribution in [3.8, 4) is 11.5 Å². The van der Waals surface area contributed by atoms with Crippen LogP contribution in [0.3, 0.4) is 0 Å². The molecule has 0 radical (unpaired) electrons. The van der Waals surface area contributed by atoms with Crippen LogP contribution in [0.4, 0.5) is 0 Å². The Bertz CT molecular complexity index is 617. The largest absolute Gasteiger partial charge is 0.490 e. The number of unbranched alkanes of at least 4 members (excludes halogenated alkanes) is 1. The lowest BCUT2D eigenvalue weighted by molar-refractivity contribution is 0.269. The number of ether oxygens (including phenoxy) is 2. The van der Waals surface area contributed by atoms with Gasteiger partial charge in [-0.25, -0.2) is 0 Å². The van der Waals surface area contributed by atoms with E-state index in [2.05, 4.69) is 12.2 Å². The molecule has 130 valence electrons. The summed E-state index contributed by atoms with van der Waals surface area (Å²) >= 11 is 6.44. The molecule has 0 bridgehead atoms. The second-order valence-electron chi connectivity index (χ2n) is 5.64. The molecule has 0 fully saturated rings. The third-order valence-corrected chi connectivity index (χ3v) is 3.91. The zero-order valence-electron chi connectivity index (χ0n) is 14.5. The summed E-state index contributed by atoms with van der Waals surface area (Å²) < 4.78 is 11.7. The van der Waals surface area contributed by atoms with Crippen LogP contribution in [0.15, 0.2) is 42.5 Å². The zero-order chi connectivity index (χ0) is 17.2. The predicted octanol–water partition coefficient (Wildman–Crippen LogP) is 5.21. The third kappa shape index (κ3) is 5.73. The highest BCUT2D eigenvalue weighted by Crippen LogP contribution is 2.37. The zero-order valence-corrected chi connectivity index (χ0v) is 15.2. The normalized spacial score (nSPS) is 10.6. The Kier molecular flexibility index (Phi) is 7.93. The molecule has 2 rings (SSSR count). The van der Waals surface area contributed by atoms with Gasteiger partial charge in [0, 0.05) is 6.54 Å². The molecule has 0 heterocycles. The van der Waals surface area contributed by atoms with Crippen molar-refractivity contribution in [1.82, 2.24) is 5.32 Å². The van der Waals surface area contributed by atoms with Crippen molar-refractivity contribution >= 4 is 11.6 Å². The van der Waals surface area contributed by atoms with Gasteiger partial charge in [0.2, 0.25) is 0 Å². The maximum absolute atomic E-state index is 6.44. The lowest BCUT2D eigenvalue weighted by atomic mass is 10.2. The summed E-state index contributed by atoms with van der Waals surface area (Å²) in [5.74, 6) is 1.31. The first-order valence-electron chi connectivity index (χ1n) is 8.57. The van der Waals surface area contributed by atoms with Crippen LogP contribution in [0.25, 0.3) is 0 Å². The Morgan fingerprint density at radius 2 is 1.79 bits per heavy atom. The number of nitrogens with one attached hydrogen (secondary N) is 1. The summed E-state index contributed by atoms with van der Waals surface area (Å²) in [5, 5.41) is 4.01. The molecule has 1 N–H and O–H groups in total. The number of rotatable bonds is 10. The number of hydrogen-bond acceptors (Lipinski definition) is 3. The van der Waals surface area contributed by atoms with E-state index in [9.17, 15) is 0 Å². The van der Waals surface area contributed by atoms with Gasteiger partial charge in [-0.2, -0.15) is 0 Å². The highest BCUT2D eigenvalue weighted by atomic mass is 35.5. The standard InChI is InChI=1S/C20H26ClNO2/c1-3-5-11-22-14-17-12-18(21)20(19(13-17)23-4-2)24-15-16-9-7-6-8-10-16/h6-10,12-13,22H,3-5,11,14-15H2,1-2H3. The molecule has 0 aliphatic heterocycles. The lowest BCUT2D eigenvalue weighted by Crippen LogP contribution is -2.14. The van der Waals surface area contributed by atoms with Crippen LogP contribution in [0.2, 0.25) is 5.02 Å². The second kappa shape index (κ2) is 10.2. The summed E-state index contributed by atoms with van der Waals surface area (Å²) in [6.45, 7) is 6.97. The van der Waals surface area contributed by atoms with Crippen LogP contribution in [0, 0.1) is 0 Å². The van der Waals surface area contributed by atoms with Gasteiger partial charge in [0.1, 0.15) is 6.61 Å². The van der Waals surface area contributed by atoms with E-state index in [4.69, 9.17) is 21.1 Å². The SMILES string of the molecule is CCCCNCc1cc(Cl)c(OCc2ccccc2)c(OCC)c1. The molecule has 0 saturated heterocycles. The van der Waals surface area contributed by atoms with Crippen molar-refractivity contribution in [3.63, 3.8) is 0 Å². The Hall–Kier alpha value is -1.71. The fraction of sp³-hybridized carbons (Fsp3) is 0.400. The van der Waals surface area contributed by atoms with E-state index in [-0.39, 0.29) is 0 Å². The smallest absolute Gasteiger partial charge is 0.180 e. The molecule has 0 aromatic heterocycles. The van der Waals surface area contributed by atoms with E-state index in [1.165, 1.54) is 12.8 Å². The van der Waals surface area contributed by atoms with E-state index in [1.807, 2.05) is 49.4 Å². The predicted molar refractivity (Wildman–Crippen MR) is 100 cm³/mol. The van der Waals surface area contributed by atoms with E-state index < -0.39 is 0 Å². The van der Waals surface area contributed by atoms with Gasteiger partial charge >= 0.3 is 0 Å². The Balaban J connectivity index is 2.08. The Morgan fingerprint density at radius 3 is 2.50 bits per heavy atom. The van der Waals surface area contributed by atoms with Crippen LogP contribution in [-0.4, -0.2) is 13.2 Å². The molecular weight excluding hydrogens is 322 g/mol. The van der Waals surface area contributed by atoms with Gasteiger partial charge in [-0.3, -0.25) is 0 Å². The van der Waals surface area contributed by atoms with Crippen LogP contribution >= 0.6 is 11.6 Å². The summed E-state index contributed by atoms with van der Waals surface area (Å²) in [6.07, 6.45) is 2.36. The van der Waals surface area contributed by atoms with Gasteiger partial charge in [0.05, 0.1) is 11.6 Å². The highest BCUT2D eigenvalue weighted by molar-refractivity contribution is 6.32. The van der Waals surface area contributed by atoms with Crippen LogP contribution in [-0.2, 0) is 13.2 Å². The Labute approximate surface area is 149 Å². The summed E-state index contributed by atoms with van der Waals surface area (Å²) in [4.78, 5) is 0. The molecule has 0 atom stereocenters. The molecule has 24 heavy (non-hydrogen) atoms. The molecule has 0 aliphatic carbocycles. The maximum atomic E-state index is 6.44. The number of halogens is 1. The second-order valence-corrected chi connectivity index (χ2v) is 6.05. The average Bonchev–Trinajstić information content (AvgIpc) is 2.59. The lowest BCUT2D eigenvalue weighted by Gasteiger charge is -2.15. The topological polar surface area (TPSA) is 30.5 Å². The molecule has 0 aliphatic rings. The maximum Gasteiger partial charge on any atom is 0.180 e. The first kappa shape index (κ1) is 18.6. The van der Waals surface area contributed by atoms with E-state index in [1.54, 1.807) is 0 Å². The Morgan fingerprint density at radius 1 is 1.00 bits per heavy atom. The van der Waals surface area contributed by atoms with Gasteiger partial charge in [0.25, 0.3) is 0 Å². The average molecular weight is 348 g/mol. The molecule has 0 unspecified atom stereocenters. The van der Waals surface area contributed by atoms with E-state index >= 15 is 0 Å². The molecule has 3 nitrogen and oxygen atoms in total. The molecule has 4 heteroatoms. The fourth-order valence-corrected chi connectivity index (χ4v) is 2.68. The summed E-state index contributed by atoms with van der Waals surface area (Å²) in [5.41, 5.74) is 2.20. The highest BCUT2D eigenvalue weighted by Gasteiger charge is 2.13. The van der Waals surface area contributed by atoms with Crippen LogP contribution < -0.4 is 14.8 Å². The number of hydrogen-bond donors (Lipinski definition) is 1. The van der Waals surface area contributed by atoms with Crippen molar-refractivity contribution in [1.29, 1.82) is 0 Å². The number of benzene rings is 2. The fourth-order valence-electron chi connectivity index (χ4n) is 2.39. The molecule has 0 spiro atoms. The molecular formula is C20H26ClNO2. The molecule has 0 amide bonds. The summed E-state index contributed by atoms with van der Waals surface area (Å²) in [6, 6.07) is 14.0. The van der Waals surface area contributed by atoms with Gasteiger partial charge < -0.3 is 14.8 Å². The summed E-state index contributed by atoms with van der Waals surface area (Å²) in [7, 11) is 0. The molecule has 2 aromatic rings. The quantitative estimate of drug-likeness (QED) is 0.598. The minimum Gasteiger partial charge on any atom is -0.490 e. The first-order valence-corrected chi connectivity index (χ1v) is 8.95. The van der Waals surface area contributed by atoms with Crippen molar-refractivity contribution in [3.05, 3.63) is 58.6 Å². The van der Waals surface area contributed by atoms with Crippen molar-refractivity contribution in [2.75, 3.05) is 13.2 Å². The van der Waals surface area contributed by atoms with Gasteiger partial charge in [-0.05, 0) is 43.1 Å². The minimum absolute atomic E-state index is 0.467. The van der Waals surface area contributed by atoms with Crippen molar-refractivity contribution in [2.45, 2.75) is 39.8 Å². The minimum atomic E-state index is 0.467. The van der Waals surface area contributed by atoms with Gasteiger partial charge in [0.15, 0.2) is 11.5 Å². The third-order valence-electron chi connectivity index (χ3n) is 3.63. The van der Waals surface area contributed by atoms with Crippen LogP contribution in [0.5, 0.6) is 11.5 Å². The first-order chi connectivity index (χ1) is 11.7. The van der Waals surface area contributed by atoms with E-state index in [0.29, 0.717) is 29.7 Å². The van der Waals surface area contributed by atoms with E-state index in [0.717, 1.165) is 24.2 Å². The molecule has 0 saturated carbocycles.